The van der Waals surface area contributed by atoms with Crippen LogP contribution in [-0.2, 0) is 16.0 Å². The first-order valence-corrected chi connectivity index (χ1v) is 10.4. The number of para-hydroxylation sites is 1. The summed E-state index contributed by atoms with van der Waals surface area (Å²) in [5, 5.41) is 0. The van der Waals surface area contributed by atoms with Crippen LogP contribution in [0, 0.1) is 0 Å². The van der Waals surface area contributed by atoms with Gasteiger partial charge in [-0.2, -0.15) is 0 Å². The number of hydrogen-bond donors (Lipinski definition) is 0. The highest BCUT2D eigenvalue weighted by Crippen LogP contribution is 2.26. The largest absolute Gasteiger partial charge is 0.478 e. The fourth-order valence-electron chi connectivity index (χ4n) is 3.53. The highest BCUT2D eigenvalue weighted by molar-refractivity contribution is 5.75. The Bertz CT molecular complexity index is 1100. The molecule has 3 aromatic carbocycles. The van der Waals surface area contributed by atoms with Crippen molar-refractivity contribution in [3.05, 3.63) is 109 Å². The average molecular weight is 412 g/mol. The van der Waals surface area contributed by atoms with Crippen molar-refractivity contribution in [1.29, 1.82) is 0 Å². The molecule has 31 heavy (non-hydrogen) atoms. The summed E-state index contributed by atoms with van der Waals surface area (Å²) in [7, 11) is 0. The lowest BCUT2D eigenvalue weighted by Crippen LogP contribution is -2.31. The fourth-order valence-corrected chi connectivity index (χ4v) is 3.53. The molecule has 0 N–H and O–H groups in total. The summed E-state index contributed by atoms with van der Waals surface area (Å²) < 4.78 is 13.4. The van der Waals surface area contributed by atoms with Gasteiger partial charge in [0.15, 0.2) is 6.10 Å². The minimum absolute atomic E-state index is 0.322. The summed E-state index contributed by atoms with van der Waals surface area (Å²) in [6, 6.07) is 32.0. The monoisotopic (exact) mass is 411 g/mol. The number of rotatable bonds is 8. The zero-order valence-corrected chi connectivity index (χ0v) is 17.5. The van der Waals surface area contributed by atoms with Crippen LogP contribution in [0.5, 0.6) is 5.75 Å². The zero-order chi connectivity index (χ0) is 21.5. The van der Waals surface area contributed by atoms with Gasteiger partial charge in [0.05, 0.1) is 12.3 Å². The molecule has 156 valence electrons. The van der Waals surface area contributed by atoms with Gasteiger partial charge in [-0.15, -0.1) is 0 Å². The van der Waals surface area contributed by atoms with Gasteiger partial charge >= 0.3 is 5.97 Å². The van der Waals surface area contributed by atoms with Gasteiger partial charge in [0.25, 0.3) is 0 Å². The zero-order valence-electron chi connectivity index (χ0n) is 17.5. The van der Waals surface area contributed by atoms with Crippen molar-refractivity contribution < 1.29 is 14.3 Å². The normalized spacial score (nSPS) is 11.6. The van der Waals surface area contributed by atoms with Crippen LogP contribution in [0.3, 0.4) is 0 Å². The van der Waals surface area contributed by atoms with Crippen LogP contribution >= 0.6 is 0 Å². The number of hydrogen-bond acceptors (Lipinski definition) is 3. The number of nitrogens with zero attached hydrogens (tertiary/aromatic N) is 1. The van der Waals surface area contributed by atoms with E-state index < -0.39 is 6.10 Å². The van der Waals surface area contributed by atoms with Gasteiger partial charge in [-0.1, -0.05) is 48.5 Å². The first kappa shape index (κ1) is 20.5. The van der Waals surface area contributed by atoms with E-state index >= 15 is 0 Å². The molecule has 0 aliphatic heterocycles. The Morgan fingerprint density at radius 3 is 2.19 bits per heavy atom. The van der Waals surface area contributed by atoms with E-state index in [1.54, 1.807) is 6.92 Å². The van der Waals surface area contributed by atoms with Crippen LogP contribution in [0.4, 0.5) is 0 Å². The van der Waals surface area contributed by atoms with Crippen molar-refractivity contribution in [3.63, 3.8) is 0 Å². The van der Waals surface area contributed by atoms with Gasteiger partial charge in [0.1, 0.15) is 5.75 Å². The van der Waals surface area contributed by atoms with E-state index in [0.29, 0.717) is 18.8 Å². The maximum atomic E-state index is 12.5. The van der Waals surface area contributed by atoms with Gasteiger partial charge < -0.3 is 14.0 Å². The Morgan fingerprint density at radius 2 is 1.52 bits per heavy atom. The van der Waals surface area contributed by atoms with E-state index in [4.69, 9.17) is 9.47 Å². The highest BCUT2D eigenvalue weighted by Gasteiger charge is 2.22. The molecular formula is C27H25NO3. The minimum Gasteiger partial charge on any atom is -0.478 e. The molecule has 1 heterocycles. The van der Waals surface area contributed by atoms with Crippen LogP contribution < -0.4 is 4.74 Å². The van der Waals surface area contributed by atoms with Crippen LogP contribution in [-0.4, -0.2) is 23.2 Å². The summed E-state index contributed by atoms with van der Waals surface area (Å²) in [5.41, 5.74) is 4.28. The second-order valence-corrected chi connectivity index (χ2v) is 7.17. The van der Waals surface area contributed by atoms with E-state index in [2.05, 4.69) is 22.8 Å². The van der Waals surface area contributed by atoms with E-state index in [0.717, 1.165) is 22.5 Å². The molecule has 0 bridgehead atoms. The van der Waals surface area contributed by atoms with Crippen LogP contribution in [0.25, 0.3) is 16.9 Å². The molecule has 1 atom stereocenters. The van der Waals surface area contributed by atoms with Crippen molar-refractivity contribution in [1.82, 2.24) is 4.57 Å². The summed E-state index contributed by atoms with van der Waals surface area (Å²) in [4.78, 5) is 12.5. The number of carbonyl (C=O) groups excluding carboxylic acids is 1. The molecule has 0 amide bonds. The molecule has 1 aromatic heterocycles. The Labute approximate surface area is 182 Å². The number of benzene rings is 3. The van der Waals surface area contributed by atoms with Gasteiger partial charge in [-0.05, 0) is 66.6 Å². The molecule has 0 aliphatic rings. The van der Waals surface area contributed by atoms with Gasteiger partial charge in [-0.3, -0.25) is 0 Å². The summed E-state index contributed by atoms with van der Waals surface area (Å²) >= 11 is 0. The predicted octanol–water partition coefficient (Wildman–Crippen LogP) is 5.70. The first-order chi connectivity index (χ1) is 15.2. The van der Waals surface area contributed by atoms with Crippen LogP contribution in [0.1, 0.15) is 12.5 Å². The van der Waals surface area contributed by atoms with Crippen molar-refractivity contribution in [2.45, 2.75) is 19.4 Å². The molecule has 4 aromatic rings. The summed E-state index contributed by atoms with van der Waals surface area (Å²) in [6.07, 6.45) is 1.81. The van der Waals surface area contributed by atoms with E-state index in [1.165, 1.54) is 0 Å². The Hall–Kier alpha value is -3.79. The smallest absolute Gasteiger partial charge is 0.347 e. The van der Waals surface area contributed by atoms with Gasteiger partial charge in [0, 0.05) is 18.3 Å². The number of esters is 1. The highest BCUT2D eigenvalue weighted by atomic mass is 16.6. The Morgan fingerprint density at radius 1 is 0.839 bits per heavy atom. The second kappa shape index (κ2) is 9.81. The minimum atomic E-state index is -0.693. The van der Waals surface area contributed by atoms with Crippen molar-refractivity contribution in [2.75, 3.05) is 6.61 Å². The number of ether oxygens (including phenoxy) is 2. The Balaban J connectivity index is 1.53. The fraction of sp³-hybridized carbons (Fsp3) is 0.148. The lowest BCUT2D eigenvalue weighted by Gasteiger charge is -2.18. The predicted molar refractivity (Wildman–Crippen MR) is 122 cm³/mol. The maximum Gasteiger partial charge on any atom is 0.347 e. The molecule has 0 fully saturated rings. The average Bonchev–Trinajstić information content (AvgIpc) is 3.31. The molecule has 0 spiro atoms. The molecule has 0 saturated carbocycles. The second-order valence-electron chi connectivity index (χ2n) is 7.17. The van der Waals surface area contributed by atoms with Gasteiger partial charge in [0.2, 0.25) is 0 Å². The molecule has 4 rings (SSSR count). The van der Waals surface area contributed by atoms with Gasteiger partial charge in [-0.25, -0.2) is 4.79 Å². The van der Waals surface area contributed by atoms with E-state index in [9.17, 15) is 4.79 Å². The lowest BCUT2D eigenvalue weighted by atomic mass is 10.1. The molecular weight excluding hydrogens is 386 g/mol. The van der Waals surface area contributed by atoms with Crippen molar-refractivity contribution >= 4 is 5.97 Å². The molecule has 0 aliphatic carbocycles. The molecule has 0 unspecified atom stereocenters. The third-order valence-corrected chi connectivity index (χ3v) is 5.02. The standard InChI is InChI=1S/C27H25NO3/c1-2-30-27(29)26(20-21-10-5-3-6-11-21)31-24-17-15-22(16-18-24)25-14-9-19-28(25)23-12-7-4-8-13-23/h3-19,26H,2,20H2,1H3/t26-/m1/s1. The molecule has 4 nitrogen and oxygen atoms in total. The summed E-state index contributed by atoms with van der Waals surface area (Å²) in [6.45, 7) is 2.12. The maximum absolute atomic E-state index is 12.5. The van der Waals surface area contributed by atoms with Crippen molar-refractivity contribution in [3.8, 4) is 22.7 Å². The van der Waals surface area contributed by atoms with Crippen molar-refractivity contribution in [2.24, 2.45) is 0 Å². The molecule has 0 radical (unpaired) electrons. The van der Waals surface area contributed by atoms with Crippen LogP contribution in [0.2, 0.25) is 0 Å². The quantitative estimate of drug-likeness (QED) is 0.349. The number of aromatic nitrogens is 1. The lowest BCUT2D eigenvalue weighted by molar-refractivity contribution is -0.151. The Kier molecular flexibility index (Phi) is 6.48. The topological polar surface area (TPSA) is 40.5 Å². The third-order valence-electron chi connectivity index (χ3n) is 5.02. The third kappa shape index (κ3) is 5.04. The first-order valence-electron chi connectivity index (χ1n) is 10.4. The molecule has 4 heteroatoms. The molecule has 0 saturated heterocycles. The van der Waals surface area contributed by atoms with Crippen LogP contribution in [0.15, 0.2) is 103 Å². The van der Waals surface area contributed by atoms with E-state index in [-0.39, 0.29) is 5.97 Å². The SMILES string of the molecule is CCOC(=O)[C@@H](Cc1ccccc1)Oc1ccc(-c2cccn2-c2ccccc2)cc1. The van der Waals surface area contributed by atoms with E-state index in [1.807, 2.05) is 85.1 Å². The number of carbonyl (C=O) groups is 1. The summed E-state index contributed by atoms with van der Waals surface area (Å²) in [5.74, 6) is 0.281.